The van der Waals surface area contributed by atoms with Crippen LogP contribution in [0.3, 0.4) is 0 Å². The lowest BCUT2D eigenvalue weighted by molar-refractivity contribution is -0.126. The zero-order chi connectivity index (χ0) is 17.9. The molecular formula is C16H16ClN5O3. The smallest absolute Gasteiger partial charge is 0.325 e. The van der Waals surface area contributed by atoms with Crippen molar-refractivity contribution in [1.29, 1.82) is 0 Å². The molecule has 1 aromatic carbocycles. The van der Waals surface area contributed by atoms with Gasteiger partial charge in [0.05, 0.1) is 12.8 Å². The summed E-state index contributed by atoms with van der Waals surface area (Å²) in [6, 6.07) is 4.25. The summed E-state index contributed by atoms with van der Waals surface area (Å²) in [6.45, 7) is 1.91. The summed E-state index contributed by atoms with van der Waals surface area (Å²) >= 11 is 6.16. The van der Waals surface area contributed by atoms with E-state index in [0.29, 0.717) is 16.7 Å². The van der Waals surface area contributed by atoms with Crippen molar-refractivity contribution in [2.24, 2.45) is 4.99 Å². The molecule has 3 aliphatic heterocycles. The molecule has 3 amide bonds. The fourth-order valence-corrected chi connectivity index (χ4v) is 3.50. The first-order chi connectivity index (χ1) is 11.9. The molecule has 1 aromatic rings. The number of likely N-dealkylation sites (N-methyl/N-ethyl adjacent to an activating group) is 1. The second-order valence-corrected chi connectivity index (χ2v) is 6.46. The number of hydrogen-bond donors (Lipinski definition) is 1. The number of nitrogens with one attached hydrogen (secondary N) is 1. The number of carbonyl (C=O) groups is 2. The van der Waals surface area contributed by atoms with Gasteiger partial charge in [-0.3, -0.25) is 15.0 Å². The number of hydrogen-bond acceptors (Lipinski definition) is 6. The van der Waals surface area contributed by atoms with Crippen LogP contribution in [0.1, 0.15) is 6.92 Å². The summed E-state index contributed by atoms with van der Waals surface area (Å²) in [4.78, 5) is 33.9. The lowest BCUT2D eigenvalue weighted by Crippen LogP contribution is -2.62. The highest BCUT2D eigenvalue weighted by atomic mass is 35.5. The van der Waals surface area contributed by atoms with Gasteiger partial charge in [0.1, 0.15) is 5.75 Å². The Hall–Kier alpha value is -2.74. The van der Waals surface area contributed by atoms with Gasteiger partial charge in [-0.25, -0.2) is 9.79 Å². The van der Waals surface area contributed by atoms with E-state index in [2.05, 4.69) is 10.3 Å². The molecule has 8 nitrogen and oxygen atoms in total. The first-order valence-corrected chi connectivity index (χ1v) is 8.06. The third-order valence-corrected chi connectivity index (χ3v) is 4.77. The maximum atomic E-state index is 12.3. The Bertz CT molecular complexity index is 852. The number of urea groups is 1. The van der Waals surface area contributed by atoms with Gasteiger partial charge in [0.25, 0.3) is 5.91 Å². The van der Waals surface area contributed by atoms with Crippen LogP contribution in [0.15, 0.2) is 35.1 Å². The molecule has 0 saturated carbocycles. The zero-order valence-corrected chi connectivity index (χ0v) is 14.6. The number of anilines is 1. The van der Waals surface area contributed by atoms with Crippen molar-refractivity contribution >= 4 is 35.2 Å². The lowest BCUT2D eigenvalue weighted by atomic mass is 10.1. The van der Waals surface area contributed by atoms with E-state index < -0.39 is 18.2 Å². The molecule has 130 valence electrons. The number of allylic oxidation sites excluding steroid dienone is 1. The number of carbonyl (C=O) groups excluding carboxylic acids is 2. The minimum absolute atomic E-state index is 0.365. The zero-order valence-electron chi connectivity index (χ0n) is 13.9. The van der Waals surface area contributed by atoms with Crippen LogP contribution in [0, 0.1) is 0 Å². The highest BCUT2D eigenvalue weighted by molar-refractivity contribution is 6.31. The number of fused-ring (bicyclic) bond motifs is 3. The predicted molar refractivity (Wildman–Crippen MR) is 92.4 cm³/mol. The van der Waals surface area contributed by atoms with Crippen molar-refractivity contribution in [3.05, 3.63) is 35.1 Å². The standard InChI is InChI=1S/C16H16ClN5O3/c1-8-7-21-12-13(20(2)16(24)19-14(12)23)18-15(21)22(8)10-6-9(17)4-5-11(10)25-3/h4-7,12-13H,1-3H3,(H,19,23,24). The summed E-state index contributed by atoms with van der Waals surface area (Å²) in [5.74, 6) is 0.825. The molecule has 1 fully saturated rings. The van der Waals surface area contributed by atoms with Gasteiger partial charge in [-0.15, -0.1) is 0 Å². The van der Waals surface area contributed by atoms with Gasteiger partial charge >= 0.3 is 6.03 Å². The summed E-state index contributed by atoms with van der Waals surface area (Å²) in [5.41, 5.74) is 1.59. The summed E-state index contributed by atoms with van der Waals surface area (Å²) in [7, 11) is 3.20. The van der Waals surface area contributed by atoms with Crippen LogP contribution in [0.25, 0.3) is 0 Å². The van der Waals surface area contributed by atoms with Crippen LogP contribution in [0.5, 0.6) is 5.75 Å². The molecule has 25 heavy (non-hydrogen) atoms. The first-order valence-electron chi connectivity index (χ1n) is 7.68. The van der Waals surface area contributed by atoms with E-state index in [-0.39, 0.29) is 5.91 Å². The maximum Gasteiger partial charge on any atom is 0.325 e. The van der Waals surface area contributed by atoms with Crippen LogP contribution in [-0.2, 0) is 4.79 Å². The molecule has 1 N–H and O–H groups in total. The number of ether oxygens (including phenoxy) is 1. The number of amides is 3. The van der Waals surface area contributed by atoms with Gasteiger partial charge in [-0.2, -0.15) is 0 Å². The van der Waals surface area contributed by atoms with Crippen LogP contribution in [-0.4, -0.2) is 54.1 Å². The number of rotatable bonds is 2. The van der Waals surface area contributed by atoms with Gasteiger partial charge in [0, 0.05) is 24.0 Å². The fraction of sp³-hybridized carbons (Fsp3) is 0.312. The van der Waals surface area contributed by atoms with Crippen LogP contribution < -0.4 is 15.0 Å². The van der Waals surface area contributed by atoms with E-state index in [9.17, 15) is 9.59 Å². The highest BCUT2D eigenvalue weighted by Crippen LogP contribution is 2.40. The fourth-order valence-electron chi connectivity index (χ4n) is 3.33. The summed E-state index contributed by atoms with van der Waals surface area (Å²) in [5, 5.41) is 2.91. The van der Waals surface area contributed by atoms with Crippen molar-refractivity contribution in [3.8, 4) is 5.75 Å². The number of aliphatic imine (C=N–C) groups is 1. The topological polar surface area (TPSA) is 77.5 Å². The molecule has 0 radical (unpaired) electrons. The molecule has 9 heteroatoms. The molecule has 2 unspecified atom stereocenters. The molecular weight excluding hydrogens is 346 g/mol. The number of imide groups is 1. The Morgan fingerprint density at radius 2 is 2.08 bits per heavy atom. The molecule has 0 bridgehead atoms. The van der Waals surface area contributed by atoms with Gasteiger partial charge in [-0.05, 0) is 25.1 Å². The quantitative estimate of drug-likeness (QED) is 0.865. The summed E-state index contributed by atoms with van der Waals surface area (Å²) < 4.78 is 5.44. The van der Waals surface area contributed by atoms with Crippen LogP contribution >= 0.6 is 11.6 Å². The highest BCUT2D eigenvalue weighted by Gasteiger charge is 2.51. The van der Waals surface area contributed by atoms with E-state index in [4.69, 9.17) is 16.3 Å². The van der Waals surface area contributed by atoms with Crippen molar-refractivity contribution < 1.29 is 14.3 Å². The largest absolute Gasteiger partial charge is 0.495 e. The first kappa shape index (κ1) is 15.8. The van der Waals surface area contributed by atoms with Crippen LogP contribution in [0.4, 0.5) is 10.5 Å². The van der Waals surface area contributed by atoms with Crippen LogP contribution in [0.2, 0.25) is 5.02 Å². The molecule has 0 spiro atoms. The average molecular weight is 362 g/mol. The Morgan fingerprint density at radius 3 is 2.80 bits per heavy atom. The molecule has 0 aromatic heterocycles. The van der Waals surface area contributed by atoms with E-state index >= 15 is 0 Å². The minimum atomic E-state index is -0.595. The molecule has 3 heterocycles. The van der Waals surface area contributed by atoms with Gasteiger partial charge in [0.2, 0.25) is 5.96 Å². The molecule has 2 atom stereocenters. The second-order valence-electron chi connectivity index (χ2n) is 6.02. The Kier molecular flexibility index (Phi) is 3.40. The molecule has 3 aliphatic rings. The molecule has 1 saturated heterocycles. The number of methoxy groups -OCH3 is 1. The SMILES string of the molecule is COc1ccc(Cl)cc1N1C(C)=CN2C1=NC1C2C(=O)NC(=O)N1C. The molecule has 4 rings (SSSR count). The number of benzene rings is 1. The van der Waals surface area contributed by atoms with E-state index in [1.54, 1.807) is 37.3 Å². The Morgan fingerprint density at radius 1 is 1.32 bits per heavy atom. The van der Waals surface area contributed by atoms with E-state index in [0.717, 1.165) is 11.4 Å². The van der Waals surface area contributed by atoms with Crippen molar-refractivity contribution in [1.82, 2.24) is 15.1 Å². The number of guanidine groups is 1. The lowest BCUT2D eigenvalue weighted by Gasteiger charge is -2.34. The van der Waals surface area contributed by atoms with Crippen molar-refractivity contribution in [2.45, 2.75) is 19.1 Å². The number of nitrogens with zero attached hydrogens (tertiary/aromatic N) is 4. The monoisotopic (exact) mass is 361 g/mol. The van der Waals surface area contributed by atoms with Gasteiger partial charge in [0.15, 0.2) is 12.2 Å². The van der Waals surface area contributed by atoms with E-state index in [1.807, 2.05) is 18.0 Å². The Labute approximate surface area is 149 Å². The third kappa shape index (κ3) is 2.17. The van der Waals surface area contributed by atoms with Crippen molar-refractivity contribution in [3.63, 3.8) is 0 Å². The predicted octanol–water partition coefficient (Wildman–Crippen LogP) is 1.58. The average Bonchev–Trinajstić information content (AvgIpc) is 3.07. The van der Waals surface area contributed by atoms with Gasteiger partial charge < -0.3 is 14.5 Å². The number of halogens is 1. The maximum absolute atomic E-state index is 12.3. The summed E-state index contributed by atoms with van der Waals surface area (Å²) in [6.07, 6.45) is 1.26. The van der Waals surface area contributed by atoms with E-state index in [1.165, 1.54) is 4.90 Å². The molecule has 0 aliphatic carbocycles. The minimum Gasteiger partial charge on any atom is -0.495 e. The van der Waals surface area contributed by atoms with Gasteiger partial charge in [-0.1, -0.05) is 11.6 Å². The normalized spacial score (nSPS) is 24.7. The second kappa shape index (κ2) is 5.38. The Balaban J connectivity index is 1.80. The third-order valence-electron chi connectivity index (χ3n) is 4.54. The van der Waals surface area contributed by atoms with Crippen molar-refractivity contribution in [2.75, 3.05) is 19.1 Å².